The van der Waals surface area contributed by atoms with E-state index in [2.05, 4.69) is 16.0 Å². The summed E-state index contributed by atoms with van der Waals surface area (Å²) in [7, 11) is 0. The van der Waals surface area contributed by atoms with Gasteiger partial charge in [0, 0.05) is 42.1 Å². The van der Waals surface area contributed by atoms with Crippen LogP contribution in [0.15, 0.2) is 24.4 Å². The highest BCUT2D eigenvalue weighted by molar-refractivity contribution is 5.99. The molecule has 0 unspecified atom stereocenters. The second kappa shape index (κ2) is 6.18. The number of anilines is 1. The molecule has 0 saturated carbocycles. The number of aromatic nitrogens is 1. The number of rotatable bonds is 5. The van der Waals surface area contributed by atoms with Crippen LogP contribution >= 0.6 is 0 Å². The van der Waals surface area contributed by atoms with Crippen molar-refractivity contribution >= 4 is 22.1 Å². The van der Waals surface area contributed by atoms with Crippen LogP contribution in [0.25, 0.3) is 10.8 Å². The number of nitriles is 1. The number of hydrogen-bond donors (Lipinski definition) is 0. The molecule has 2 rings (SSSR count). The van der Waals surface area contributed by atoms with Crippen molar-refractivity contribution in [3.63, 3.8) is 0 Å². The van der Waals surface area contributed by atoms with Crippen molar-refractivity contribution < 1.29 is 4.92 Å². The lowest BCUT2D eigenvalue weighted by molar-refractivity contribution is -0.383. The van der Waals surface area contributed by atoms with Crippen LogP contribution in [-0.4, -0.2) is 23.0 Å². The number of pyridine rings is 1. The quantitative estimate of drug-likeness (QED) is 0.622. The van der Waals surface area contributed by atoms with Crippen molar-refractivity contribution in [2.75, 3.05) is 18.0 Å². The Kier molecular flexibility index (Phi) is 4.33. The lowest BCUT2D eigenvalue weighted by Gasteiger charge is -2.23. The molecule has 6 nitrogen and oxygen atoms in total. The highest BCUT2D eigenvalue weighted by atomic mass is 16.6. The molecule has 0 atom stereocenters. The maximum Gasteiger partial charge on any atom is 0.278 e. The van der Waals surface area contributed by atoms with E-state index in [4.69, 9.17) is 5.26 Å². The Labute approximate surface area is 122 Å². The molecule has 2 aromatic rings. The van der Waals surface area contributed by atoms with Gasteiger partial charge in [0.25, 0.3) is 5.69 Å². The Morgan fingerprint density at radius 3 is 2.81 bits per heavy atom. The molecular formula is C15H16N4O2. The van der Waals surface area contributed by atoms with E-state index in [9.17, 15) is 10.1 Å². The number of benzene rings is 1. The minimum atomic E-state index is -0.394. The van der Waals surface area contributed by atoms with Crippen LogP contribution in [0.1, 0.15) is 19.0 Å². The van der Waals surface area contributed by atoms with E-state index in [1.807, 2.05) is 19.9 Å². The molecule has 108 valence electrons. The Bertz CT molecular complexity index is 721. The fraction of sp³-hybridized carbons (Fsp3) is 0.333. The van der Waals surface area contributed by atoms with Crippen LogP contribution < -0.4 is 4.90 Å². The molecule has 0 aliphatic heterocycles. The predicted octanol–water partition coefficient (Wildman–Crippen LogP) is 3.19. The molecule has 0 bridgehead atoms. The number of non-ortho nitro benzene ring substituents is 1. The van der Waals surface area contributed by atoms with Gasteiger partial charge in [-0.05, 0) is 26.0 Å². The summed E-state index contributed by atoms with van der Waals surface area (Å²) < 4.78 is 0. The molecule has 0 saturated heterocycles. The van der Waals surface area contributed by atoms with E-state index in [1.54, 1.807) is 12.3 Å². The largest absolute Gasteiger partial charge is 0.370 e. The summed E-state index contributed by atoms with van der Waals surface area (Å²) in [6.07, 6.45) is 1.96. The number of nitro benzene ring substituents is 1. The zero-order valence-electron chi connectivity index (χ0n) is 12.0. The number of nitro groups is 1. The van der Waals surface area contributed by atoms with Crippen LogP contribution in [0.5, 0.6) is 0 Å². The van der Waals surface area contributed by atoms with E-state index in [0.29, 0.717) is 18.4 Å². The maximum absolute atomic E-state index is 11.1. The minimum Gasteiger partial charge on any atom is -0.370 e. The molecule has 6 heteroatoms. The van der Waals surface area contributed by atoms with Gasteiger partial charge in [-0.1, -0.05) is 0 Å². The van der Waals surface area contributed by atoms with Crippen molar-refractivity contribution in [1.82, 2.24) is 4.98 Å². The molecule has 0 radical (unpaired) electrons. The number of hydrogen-bond acceptors (Lipinski definition) is 5. The molecule has 1 aromatic carbocycles. The minimum absolute atomic E-state index is 0.0533. The van der Waals surface area contributed by atoms with Gasteiger partial charge in [0.05, 0.1) is 22.8 Å². The predicted molar refractivity (Wildman–Crippen MR) is 81.3 cm³/mol. The maximum atomic E-state index is 11.1. The van der Waals surface area contributed by atoms with Gasteiger partial charge in [0.1, 0.15) is 0 Å². The molecule has 0 aliphatic rings. The average Bonchev–Trinajstić information content (AvgIpc) is 2.47. The van der Waals surface area contributed by atoms with E-state index in [0.717, 1.165) is 23.3 Å². The number of aryl methyl sites for hydroxylation is 1. The summed E-state index contributed by atoms with van der Waals surface area (Å²) in [5, 5.41) is 21.2. The third kappa shape index (κ3) is 2.92. The van der Waals surface area contributed by atoms with Gasteiger partial charge >= 0.3 is 0 Å². The lowest BCUT2D eigenvalue weighted by Crippen LogP contribution is -2.23. The van der Waals surface area contributed by atoms with Crippen molar-refractivity contribution in [2.24, 2.45) is 0 Å². The highest BCUT2D eigenvalue weighted by Gasteiger charge is 2.17. The number of fused-ring (bicyclic) bond motifs is 1. The Morgan fingerprint density at radius 1 is 1.43 bits per heavy atom. The fourth-order valence-corrected chi connectivity index (χ4v) is 2.38. The molecule has 0 amide bonds. The van der Waals surface area contributed by atoms with Crippen molar-refractivity contribution in [2.45, 2.75) is 20.3 Å². The van der Waals surface area contributed by atoms with Crippen LogP contribution in [-0.2, 0) is 0 Å². The summed E-state index contributed by atoms with van der Waals surface area (Å²) in [5.41, 5.74) is 1.76. The zero-order chi connectivity index (χ0) is 15.4. The van der Waals surface area contributed by atoms with Crippen molar-refractivity contribution in [3.8, 4) is 6.07 Å². The Hall–Kier alpha value is -2.68. The van der Waals surface area contributed by atoms with Gasteiger partial charge in [0.2, 0.25) is 0 Å². The van der Waals surface area contributed by atoms with Gasteiger partial charge in [-0.2, -0.15) is 5.26 Å². The third-order valence-corrected chi connectivity index (χ3v) is 3.40. The molecule has 1 aromatic heterocycles. The topological polar surface area (TPSA) is 83.1 Å². The lowest BCUT2D eigenvalue weighted by atomic mass is 10.1. The molecular weight excluding hydrogens is 268 g/mol. The Morgan fingerprint density at radius 2 is 2.19 bits per heavy atom. The Balaban J connectivity index is 2.64. The second-order valence-corrected chi connectivity index (χ2v) is 4.72. The fourth-order valence-electron chi connectivity index (χ4n) is 2.38. The first-order valence-corrected chi connectivity index (χ1v) is 6.74. The molecule has 0 N–H and O–H groups in total. The zero-order valence-corrected chi connectivity index (χ0v) is 12.0. The molecule has 0 aliphatic carbocycles. The average molecular weight is 284 g/mol. The molecule has 1 heterocycles. The third-order valence-electron chi connectivity index (χ3n) is 3.40. The molecule has 0 spiro atoms. The SMILES string of the molecule is CCN(CCC#N)c1ccc([N+](=O)[O-])c2cnc(C)cc12. The van der Waals surface area contributed by atoms with E-state index in [1.165, 1.54) is 6.07 Å². The summed E-state index contributed by atoms with van der Waals surface area (Å²) in [6.45, 7) is 5.18. The van der Waals surface area contributed by atoms with E-state index in [-0.39, 0.29) is 5.69 Å². The first-order chi connectivity index (χ1) is 10.1. The van der Waals surface area contributed by atoms with Crippen LogP contribution in [0.2, 0.25) is 0 Å². The van der Waals surface area contributed by atoms with Gasteiger partial charge in [-0.15, -0.1) is 0 Å². The molecule has 21 heavy (non-hydrogen) atoms. The first-order valence-electron chi connectivity index (χ1n) is 6.74. The van der Waals surface area contributed by atoms with Gasteiger partial charge < -0.3 is 4.90 Å². The van der Waals surface area contributed by atoms with Crippen LogP contribution in [0, 0.1) is 28.4 Å². The monoisotopic (exact) mass is 284 g/mol. The van der Waals surface area contributed by atoms with Crippen molar-refractivity contribution in [3.05, 3.63) is 40.2 Å². The van der Waals surface area contributed by atoms with Crippen molar-refractivity contribution in [1.29, 1.82) is 5.26 Å². The summed E-state index contributed by atoms with van der Waals surface area (Å²) >= 11 is 0. The van der Waals surface area contributed by atoms with Gasteiger partial charge in [-0.3, -0.25) is 15.1 Å². The number of nitrogens with zero attached hydrogens (tertiary/aromatic N) is 4. The first kappa shape index (κ1) is 14.7. The standard InChI is InChI=1S/C15H16N4O2/c1-3-18(8-4-7-16)14-5-6-15(19(20)21)13-10-17-11(2)9-12(13)14/h5-6,9-10H,3-4,8H2,1-2H3. The summed E-state index contributed by atoms with van der Waals surface area (Å²) in [4.78, 5) is 17.0. The molecule has 0 fully saturated rings. The smallest absolute Gasteiger partial charge is 0.278 e. The normalized spacial score (nSPS) is 10.3. The van der Waals surface area contributed by atoms with Gasteiger partial charge in [0.15, 0.2) is 0 Å². The summed E-state index contributed by atoms with van der Waals surface area (Å²) in [6, 6.07) is 7.24. The van der Waals surface area contributed by atoms with E-state index < -0.39 is 4.92 Å². The summed E-state index contributed by atoms with van der Waals surface area (Å²) in [5.74, 6) is 0. The second-order valence-electron chi connectivity index (χ2n) is 4.72. The van der Waals surface area contributed by atoms with Gasteiger partial charge in [-0.25, -0.2) is 0 Å². The van der Waals surface area contributed by atoms with E-state index >= 15 is 0 Å². The highest BCUT2D eigenvalue weighted by Crippen LogP contribution is 2.33. The van der Waals surface area contributed by atoms with Crippen LogP contribution in [0.3, 0.4) is 0 Å². The van der Waals surface area contributed by atoms with Crippen LogP contribution in [0.4, 0.5) is 11.4 Å².